The fraction of sp³-hybridized carbons (Fsp3) is 0.238. The lowest BCUT2D eigenvalue weighted by Crippen LogP contribution is -2.56. The van der Waals surface area contributed by atoms with Crippen LogP contribution in [-0.4, -0.2) is 63.0 Å². The van der Waals surface area contributed by atoms with E-state index in [1.54, 1.807) is 40.3 Å². The normalized spacial score (nSPS) is 17.0. The Hall–Kier alpha value is -3.48. The van der Waals surface area contributed by atoms with Gasteiger partial charge in [0, 0.05) is 49.0 Å². The molecule has 3 aromatic rings. The van der Waals surface area contributed by atoms with Gasteiger partial charge < -0.3 is 14.8 Å². The Labute approximate surface area is 162 Å². The lowest BCUT2D eigenvalue weighted by atomic mass is 10.1. The molecule has 0 spiro atoms. The van der Waals surface area contributed by atoms with Crippen LogP contribution in [0, 0.1) is 0 Å². The Morgan fingerprint density at radius 3 is 2.61 bits per heavy atom. The monoisotopic (exact) mass is 376 g/mol. The molecule has 1 aliphatic heterocycles. The Balaban J connectivity index is 1.48. The van der Waals surface area contributed by atoms with Crippen molar-refractivity contribution in [1.29, 1.82) is 0 Å². The summed E-state index contributed by atoms with van der Waals surface area (Å²) in [7, 11) is 0. The molecule has 7 nitrogen and oxygen atoms in total. The van der Waals surface area contributed by atoms with Gasteiger partial charge in [0.1, 0.15) is 5.65 Å². The lowest BCUT2D eigenvalue weighted by Gasteiger charge is -2.39. The summed E-state index contributed by atoms with van der Waals surface area (Å²) in [6.45, 7) is 2.96. The molecule has 1 unspecified atom stereocenters. The van der Waals surface area contributed by atoms with Crippen molar-refractivity contribution in [3.05, 3.63) is 66.0 Å². The van der Waals surface area contributed by atoms with Crippen molar-refractivity contribution in [1.82, 2.24) is 19.8 Å². The standard InChI is InChI=1S/C21H20N4O3/c1-14-13-24(20(27)15-6-3-2-4-7-15)10-11-25(14)21(28)18(26)17-12-23-19-16(17)8-5-9-22-19/h2-9,12,14H,10-11,13H2,1H3,(H,22,23). The number of amides is 2. The van der Waals surface area contributed by atoms with Crippen molar-refractivity contribution in [2.75, 3.05) is 19.6 Å². The summed E-state index contributed by atoms with van der Waals surface area (Å²) in [6, 6.07) is 12.3. The highest BCUT2D eigenvalue weighted by Crippen LogP contribution is 2.19. The quantitative estimate of drug-likeness (QED) is 0.560. The van der Waals surface area contributed by atoms with Crippen LogP contribution in [0.25, 0.3) is 11.0 Å². The van der Waals surface area contributed by atoms with Gasteiger partial charge in [0.05, 0.1) is 5.56 Å². The van der Waals surface area contributed by atoms with Crippen molar-refractivity contribution in [2.45, 2.75) is 13.0 Å². The van der Waals surface area contributed by atoms with Crippen LogP contribution in [0.4, 0.5) is 0 Å². The summed E-state index contributed by atoms with van der Waals surface area (Å²) in [6.07, 6.45) is 3.15. The van der Waals surface area contributed by atoms with Crippen LogP contribution >= 0.6 is 0 Å². The van der Waals surface area contributed by atoms with E-state index in [0.29, 0.717) is 41.8 Å². The van der Waals surface area contributed by atoms with Gasteiger partial charge in [0.2, 0.25) is 0 Å². The molecule has 1 N–H and O–H groups in total. The molecule has 142 valence electrons. The summed E-state index contributed by atoms with van der Waals surface area (Å²) < 4.78 is 0. The summed E-state index contributed by atoms with van der Waals surface area (Å²) in [5.74, 6) is -1.17. The average molecular weight is 376 g/mol. The molecule has 0 radical (unpaired) electrons. The number of H-pyrrole nitrogens is 1. The molecular formula is C21H20N4O3. The molecule has 0 aliphatic carbocycles. The lowest BCUT2D eigenvalue weighted by molar-refractivity contribution is -0.130. The fourth-order valence-corrected chi connectivity index (χ4v) is 3.60. The minimum atomic E-state index is -0.561. The van der Waals surface area contributed by atoms with Gasteiger partial charge in [-0.05, 0) is 31.2 Å². The number of hydrogen-bond donors (Lipinski definition) is 1. The molecule has 7 heteroatoms. The number of aromatic amines is 1. The second kappa shape index (κ2) is 7.26. The van der Waals surface area contributed by atoms with Crippen molar-refractivity contribution in [3.8, 4) is 0 Å². The number of nitrogens with zero attached hydrogens (tertiary/aromatic N) is 3. The molecule has 1 aromatic carbocycles. The zero-order valence-electron chi connectivity index (χ0n) is 15.5. The summed E-state index contributed by atoms with van der Waals surface area (Å²) >= 11 is 0. The number of fused-ring (bicyclic) bond motifs is 1. The van der Waals surface area contributed by atoms with Crippen molar-refractivity contribution in [3.63, 3.8) is 0 Å². The van der Waals surface area contributed by atoms with Crippen LogP contribution in [-0.2, 0) is 4.79 Å². The van der Waals surface area contributed by atoms with E-state index in [0.717, 1.165) is 0 Å². The largest absolute Gasteiger partial charge is 0.345 e. The van der Waals surface area contributed by atoms with E-state index >= 15 is 0 Å². The number of pyridine rings is 1. The van der Waals surface area contributed by atoms with Gasteiger partial charge in [-0.1, -0.05) is 18.2 Å². The molecule has 1 atom stereocenters. The molecule has 3 heterocycles. The van der Waals surface area contributed by atoms with E-state index in [2.05, 4.69) is 9.97 Å². The molecule has 28 heavy (non-hydrogen) atoms. The topological polar surface area (TPSA) is 86.4 Å². The Kier molecular flexibility index (Phi) is 4.65. The van der Waals surface area contributed by atoms with Crippen molar-refractivity contribution >= 4 is 28.6 Å². The van der Waals surface area contributed by atoms with E-state index in [1.165, 1.54) is 6.20 Å². The summed E-state index contributed by atoms with van der Waals surface area (Å²) in [5.41, 5.74) is 1.52. The number of benzene rings is 1. The van der Waals surface area contributed by atoms with Crippen molar-refractivity contribution < 1.29 is 14.4 Å². The molecule has 2 aromatic heterocycles. The third-order valence-electron chi connectivity index (χ3n) is 5.09. The zero-order valence-corrected chi connectivity index (χ0v) is 15.5. The highest BCUT2D eigenvalue weighted by atomic mass is 16.2. The summed E-state index contributed by atoms with van der Waals surface area (Å²) in [4.78, 5) is 48.6. The Morgan fingerprint density at radius 1 is 1.07 bits per heavy atom. The third-order valence-corrected chi connectivity index (χ3v) is 5.09. The van der Waals surface area contributed by atoms with Crippen LogP contribution in [0.15, 0.2) is 54.9 Å². The number of carbonyl (C=O) groups is 3. The molecular weight excluding hydrogens is 356 g/mol. The van der Waals surface area contributed by atoms with E-state index in [-0.39, 0.29) is 11.9 Å². The van der Waals surface area contributed by atoms with Gasteiger partial charge in [-0.3, -0.25) is 14.4 Å². The molecule has 1 saturated heterocycles. The number of aromatic nitrogens is 2. The van der Waals surface area contributed by atoms with Gasteiger partial charge >= 0.3 is 0 Å². The van der Waals surface area contributed by atoms with Gasteiger partial charge in [-0.15, -0.1) is 0 Å². The maximum Gasteiger partial charge on any atom is 0.295 e. The molecule has 1 aliphatic rings. The SMILES string of the molecule is CC1CN(C(=O)c2ccccc2)CCN1C(=O)C(=O)c1c[nH]c2ncccc12. The first-order chi connectivity index (χ1) is 13.6. The van der Waals surface area contributed by atoms with Crippen LogP contribution in [0.3, 0.4) is 0 Å². The van der Waals surface area contributed by atoms with E-state index in [4.69, 9.17) is 0 Å². The second-order valence-electron chi connectivity index (χ2n) is 6.90. The first kappa shape index (κ1) is 17.9. The minimum Gasteiger partial charge on any atom is -0.345 e. The van der Waals surface area contributed by atoms with Crippen LogP contribution in [0.2, 0.25) is 0 Å². The van der Waals surface area contributed by atoms with Crippen molar-refractivity contribution in [2.24, 2.45) is 0 Å². The summed E-state index contributed by atoms with van der Waals surface area (Å²) in [5, 5.41) is 0.631. The van der Waals surface area contributed by atoms with Crippen LogP contribution < -0.4 is 0 Å². The smallest absolute Gasteiger partial charge is 0.295 e. The first-order valence-corrected chi connectivity index (χ1v) is 9.18. The minimum absolute atomic E-state index is 0.0615. The number of piperazine rings is 1. The number of Topliss-reactive ketones (excluding diaryl/α,β-unsaturated/α-hetero) is 1. The molecule has 2 amide bonds. The highest BCUT2D eigenvalue weighted by Gasteiger charge is 2.34. The van der Waals surface area contributed by atoms with Gasteiger partial charge in [0.15, 0.2) is 0 Å². The zero-order chi connectivity index (χ0) is 19.7. The number of hydrogen-bond acceptors (Lipinski definition) is 4. The average Bonchev–Trinajstić information content (AvgIpc) is 3.17. The third kappa shape index (κ3) is 3.15. The first-order valence-electron chi connectivity index (χ1n) is 9.18. The predicted octanol–water partition coefficient (Wildman–Crippen LogP) is 2.12. The van der Waals surface area contributed by atoms with E-state index in [1.807, 2.05) is 25.1 Å². The van der Waals surface area contributed by atoms with E-state index in [9.17, 15) is 14.4 Å². The van der Waals surface area contributed by atoms with Crippen LogP contribution in [0.5, 0.6) is 0 Å². The Morgan fingerprint density at radius 2 is 1.86 bits per heavy atom. The van der Waals surface area contributed by atoms with Gasteiger partial charge in [0.25, 0.3) is 17.6 Å². The molecule has 4 rings (SSSR count). The highest BCUT2D eigenvalue weighted by molar-refractivity contribution is 6.44. The molecule has 1 fully saturated rings. The predicted molar refractivity (Wildman–Crippen MR) is 104 cm³/mol. The van der Waals surface area contributed by atoms with Gasteiger partial charge in [-0.2, -0.15) is 0 Å². The second-order valence-corrected chi connectivity index (χ2v) is 6.90. The number of rotatable bonds is 3. The van der Waals surface area contributed by atoms with Crippen LogP contribution in [0.1, 0.15) is 27.6 Å². The molecule has 0 saturated carbocycles. The number of nitrogens with one attached hydrogen (secondary N) is 1. The number of ketones is 1. The fourth-order valence-electron chi connectivity index (χ4n) is 3.60. The van der Waals surface area contributed by atoms with Gasteiger partial charge in [-0.25, -0.2) is 4.98 Å². The maximum absolute atomic E-state index is 12.8. The Bertz CT molecular complexity index is 1040. The van der Waals surface area contributed by atoms with E-state index < -0.39 is 11.7 Å². The molecule has 0 bridgehead atoms. The maximum atomic E-state index is 12.8. The number of carbonyl (C=O) groups excluding carboxylic acids is 3.